The summed E-state index contributed by atoms with van der Waals surface area (Å²) in [6, 6.07) is 1.63. The summed E-state index contributed by atoms with van der Waals surface area (Å²) in [5.41, 5.74) is 0.901. The van der Waals surface area contributed by atoms with Crippen molar-refractivity contribution in [3.63, 3.8) is 0 Å². The Bertz CT molecular complexity index is 572. The van der Waals surface area contributed by atoms with Gasteiger partial charge in [0.2, 0.25) is 0 Å². The Morgan fingerprint density at radius 2 is 1.95 bits per heavy atom. The number of alkyl halides is 3. The number of nitrogens with one attached hydrogen (secondary N) is 1. The molecular formula is C11H14F4N2O2S. The van der Waals surface area contributed by atoms with Crippen LogP contribution in [0.3, 0.4) is 0 Å². The summed E-state index contributed by atoms with van der Waals surface area (Å²) in [6.45, 7) is 0. The predicted molar refractivity (Wildman–Crippen MR) is 65.8 cm³/mol. The lowest BCUT2D eigenvalue weighted by atomic mass is 10.0. The average Bonchev–Trinajstić information content (AvgIpc) is 2.28. The van der Waals surface area contributed by atoms with E-state index in [-0.39, 0.29) is 17.7 Å². The number of hydrazine groups is 1. The van der Waals surface area contributed by atoms with E-state index in [2.05, 4.69) is 5.43 Å². The molecule has 114 valence electrons. The Morgan fingerprint density at radius 1 is 1.35 bits per heavy atom. The molecule has 0 heterocycles. The molecular weight excluding hydrogens is 300 g/mol. The van der Waals surface area contributed by atoms with Gasteiger partial charge in [0.05, 0.1) is 11.3 Å². The first-order valence-electron chi connectivity index (χ1n) is 5.55. The van der Waals surface area contributed by atoms with E-state index in [0.29, 0.717) is 12.1 Å². The number of hydrogen-bond acceptors (Lipinski definition) is 4. The van der Waals surface area contributed by atoms with Crippen LogP contribution in [0.15, 0.2) is 18.2 Å². The molecule has 0 aliphatic heterocycles. The van der Waals surface area contributed by atoms with Gasteiger partial charge in [-0.3, -0.25) is 11.3 Å². The van der Waals surface area contributed by atoms with E-state index in [4.69, 9.17) is 5.84 Å². The van der Waals surface area contributed by atoms with Crippen molar-refractivity contribution in [2.45, 2.75) is 18.6 Å². The zero-order chi connectivity index (χ0) is 15.6. The molecule has 0 aliphatic carbocycles. The fourth-order valence-electron chi connectivity index (χ4n) is 1.66. The average molecular weight is 314 g/mol. The molecule has 1 unspecified atom stereocenters. The molecule has 0 aliphatic rings. The highest BCUT2D eigenvalue weighted by Gasteiger charge is 2.34. The van der Waals surface area contributed by atoms with E-state index < -0.39 is 33.4 Å². The quantitative estimate of drug-likeness (QED) is 0.494. The summed E-state index contributed by atoms with van der Waals surface area (Å²) >= 11 is 0. The predicted octanol–water partition coefficient (Wildman–Crippen LogP) is 1.78. The van der Waals surface area contributed by atoms with Crippen molar-refractivity contribution in [3.05, 3.63) is 35.1 Å². The highest BCUT2D eigenvalue weighted by atomic mass is 32.2. The SMILES string of the molecule is CS(=O)(=O)CCC(NN)c1ccc(F)c(C(F)(F)F)c1. The number of hydrogen-bond donors (Lipinski definition) is 2. The van der Waals surface area contributed by atoms with E-state index >= 15 is 0 Å². The summed E-state index contributed by atoms with van der Waals surface area (Å²) in [5, 5.41) is 0. The first-order valence-corrected chi connectivity index (χ1v) is 7.61. The van der Waals surface area contributed by atoms with Gasteiger partial charge in [0.25, 0.3) is 0 Å². The summed E-state index contributed by atoms with van der Waals surface area (Å²) in [5.74, 6) is 3.57. The smallest absolute Gasteiger partial charge is 0.271 e. The fraction of sp³-hybridized carbons (Fsp3) is 0.455. The number of nitrogens with two attached hydrogens (primary N) is 1. The molecule has 1 aromatic carbocycles. The van der Waals surface area contributed by atoms with Crippen LogP contribution in [0.2, 0.25) is 0 Å². The minimum Gasteiger partial charge on any atom is -0.271 e. The summed E-state index contributed by atoms with van der Waals surface area (Å²) in [6.07, 6.45) is -3.83. The van der Waals surface area contributed by atoms with Crippen molar-refractivity contribution in [1.82, 2.24) is 5.43 Å². The van der Waals surface area contributed by atoms with E-state index in [1.807, 2.05) is 0 Å². The van der Waals surface area contributed by atoms with Crippen LogP contribution in [-0.4, -0.2) is 20.4 Å². The van der Waals surface area contributed by atoms with Gasteiger partial charge >= 0.3 is 6.18 Å². The van der Waals surface area contributed by atoms with Gasteiger partial charge in [-0.15, -0.1) is 0 Å². The molecule has 1 rings (SSSR count). The maximum Gasteiger partial charge on any atom is 0.419 e. The molecule has 3 N–H and O–H groups in total. The lowest BCUT2D eigenvalue weighted by Gasteiger charge is -2.18. The maximum absolute atomic E-state index is 13.1. The second-order valence-electron chi connectivity index (χ2n) is 4.37. The minimum absolute atomic E-state index is 0.0156. The molecule has 0 bridgehead atoms. The molecule has 20 heavy (non-hydrogen) atoms. The van der Waals surface area contributed by atoms with E-state index in [9.17, 15) is 26.0 Å². The van der Waals surface area contributed by atoms with Crippen LogP contribution in [0.5, 0.6) is 0 Å². The van der Waals surface area contributed by atoms with Crippen LogP contribution >= 0.6 is 0 Å². The van der Waals surface area contributed by atoms with Crippen LogP contribution in [-0.2, 0) is 16.0 Å². The Labute approximate surface area is 113 Å². The van der Waals surface area contributed by atoms with Crippen LogP contribution in [0, 0.1) is 5.82 Å². The molecule has 0 fully saturated rings. The summed E-state index contributed by atoms with van der Waals surface area (Å²) in [4.78, 5) is 0. The highest BCUT2D eigenvalue weighted by Crippen LogP contribution is 2.33. The Morgan fingerprint density at radius 3 is 2.40 bits per heavy atom. The van der Waals surface area contributed by atoms with Gasteiger partial charge in [0.15, 0.2) is 0 Å². The van der Waals surface area contributed by atoms with Crippen LogP contribution in [0.4, 0.5) is 17.6 Å². The number of sulfone groups is 1. The van der Waals surface area contributed by atoms with Crippen molar-refractivity contribution in [3.8, 4) is 0 Å². The molecule has 0 aromatic heterocycles. The molecule has 4 nitrogen and oxygen atoms in total. The zero-order valence-corrected chi connectivity index (χ0v) is 11.4. The zero-order valence-electron chi connectivity index (χ0n) is 10.5. The fourth-order valence-corrected chi connectivity index (χ4v) is 2.32. The third-order valence-corrected chi connectivity index (χ3v) is 3.65. The summed E-state index contributed by atoms with van der Waals surface area (Å²) in [7, 11) is -3.28. The van der Waals surface area contributed by atoms with Crippen LogP contribution < -0.4 is 11.3 Å². The topological polar surface area (TPSA) is 72.2 Å². The van der Waals surface area contributed by atoms with Gasteiger partial charge in [0, 0.05) is 12.3 Å². The second-order valence-corrected chi connectivity index (χ2v) is 6.63. The molecule has 0 amide bonds. The van der Waals surface area contributed by atoms with Crippen molar-refractivity contribution >= 4 is 9.84 Å². The van der Waals surface area contributed by atoms with Crippen molar-refractivity contribution < 1.29 is 26.0 Å². The van der Waals surface area contributed by atoms with E-state index in [0.717, 1.165) is 12.3 Å². The van der Waals surface area contributed by atoms with Gasteiger partial charge < -0.3 is 0 Å². The standard InChI is InChI=1S/C11H14F4N2O2S/c1-20(18,19)5-4-10(17-16)7-2-3-9(12)8(6-7)11(13,14)15/h2-3,6,10,17H,4-5,16H2,1H3. The molecule has 1 aromatic rings. The maximum atomic E-state index is 13.1. The number of rotatable bonds is 5. The van der Waals surface area contributed by atoms with Crippen LogP contribution in [0.1, 0.15) is 23.6 Å². The molecule has 9 heteroatoms. The van der Waals surface area contributed by atoms with Gasteiger partial charge in [-0.1, -0.05) is 6.07 Å². The Kier molecular flexibility index (Phi) is 5.11. The third kappa shape index (κ3) is 4.73. The number of halogens is 4. The van der Waals surface area contributed by atoms with Gasteiger partial charge in [0.1, 0.15) is 15.7 Å². The first-order chi connectivity index (χ1) is 9.04. The Hall–Kier alpha value is -1.19. The lowest BCUT2D eigenvalue weighted by molar-refractivity contribution is -0.140. The number of benzene rings is 1. The van der Waals surface area contributed by atoms with Crippen molar-refractivity contribution in [1.29, 1.82) is 0 Å². The molecule has 0 saturated heterocycles. The molecule has 0 radical (unpaired) electrons. The molecule has 1 atom stereocenters. The van der Waals surface area contributed by atoms with E-state index in [1.54, 1.807) is 0 Å². The summed E-state index contributed by atoms with van der Waals surface area (Å²) < 4.78 is 73.0. The van der Waals surface area contributed by atoms with Crippen molar-refractivity contribution in [2.75, 3.05) is 12.0 Å². The largest absolute Gasteiger partial charge is 0.419 e. The van der Waals surface area contributed by atoms with Crippen molar-refractivity contribution in [2.24, 2.45) is 5.84 Å². The molecule has 0 saturated carbocycles. The third-order valence-electron chi connectivity index (χ3n) is 2.68. The molecule has 0 spiro atoms. The van der Waals surface area contributed by atoms with Gasteiger partial charge in [-0.25, -0.2) is 12.8 Å². The Balaban J connectivity index is 3.05. The minimum atomic E-state index is -4.82. The van der Waals surface area contributed by atoms with Crippen LogP contribution in [0.25, 0.3) is 0 Å². The lowest BCUT2D eigenvalue weighted by Crippen LogP contribution is -2.30. The second kappa shape index (κ2) is 6.06. The highest BCUT2D eigenvalue weighted by molar-refractivity contribution is 7.90. The normalized spacial score (nSPS) is 14.3. The monoisotopic (exact) mass is 314 g/mol. The van der Waals surface area contributed by atoms with Gasteiger partial charge in [-0.2, -0.15) is 13.2 Å². The first kappa shape index (κ1) is 16.9. The van der Waals surface area contributed by atoms with Gasteiger partial charge in [-0.05, 0) is 24.1 Å². The van der Waals surface area contributed by atoms with E-state index in [1.165, 1.54) is 0 Å².